The van der Waals surface area contributed by atoms with Gasteiger partial charge in [0.25, 0.3) is 0 Å². The molecule has 1 N–H and O–H groups in total. The summed E-state index contributed by atoms with van der Waals surface area (Å²) in [6.07, 6.45) is 0.711. The summed E-state index contributed by atoms with van der Waals surface area (Å²) in [6, 6.07) is 17.8. The van der Waals surface area contributed by atoms with Crippen molar-refractivity contribution in [1.29, 1.82) is 0 Å². The second kappa shape index (κ2) is 9.41. The van der Waals surface area contributed by atoms with E-state index >= 15 is 0 Å². The average molecular weight is 397 g/mol. The molecular formula is C21H24N4O2S. The Kier molecular flexibility index (Phi) is 6.71. The fourth-order valence-corrected chi connectivity index (χ4v) is 3.53. The number of thioether (sulfide) groups is 1. The van der Waals surface area contributed by atoms with Crippen molar-refractivity contribution < 1.29 is 9.53 Å². The number of aromatic nitrogens is 3. The van der Waals surface area contributed by atoms with Crippen molar-refractivity contribution in [1.82, 2.24) is 20.1 Å². The zero-order valence-corrected chi connectivity index (χ0v) is 17.1. The van der Waals surface area contributed by atoms with Crippen LogP contribution in [0.3, 0.4) is 0 Å². The molecule has 1 heterocycles. The van der Waals surface area contributed by atoms with Gasteiger partial charge in [-0.2, -0.15) is 0 Å². The lowest BCUT2D eigenvalue weighted by Gasteiger charge is -2.12. The van der Waals surface area contributed by atoms with Crippen LogP contribution in [0.2, 0.25) is 0 Å². The standard InChI is InChI=1S/C21H24N4O2S/c1-15(20(26)22-14-17-9-11-18(27-3)12-10-17)28-21-24-23-19(25(21)2)13-16-7-5-4-6-8-16/h4-12,15H,13-14H2,1-3H3,(H,22,26)/t15-/m0/s1. The number of amides is 1. The molecule has 0 aliphatic carbocycles. The molecule has 0 fully saturated rings. The molecule has 146 valence electrons. The molecule has 0 bridgehead atoms. The lowest BCUT2D eigenvalue weighted by Crippen LogP contribution is -2.30. The Bertz CT molecular complexity index is 910. The molecule has 1 amide bonds. The highest BCUT2D eigenvalue weighted by Gasteiger charge is 2.18. The van der Waals surface area contributed by atoms with Crippen LogP contribution in [0.15, 0.2) is 59.8 Å². The minimum atomic E-state index is -0.272. The fraction of sp³-hybridized carbons (Fsp3) is 0.286. The lowest BCUT2D eigenvalue weighted by molar-refractivity contribution is -0.120. The molecule has 3 rings (SSSR count). The zero-order chi connectivity index (χ0) is 19.9. The summed E-state index contributed by atoms with van der Waals surface area (Å²) in [4.78, 5) is 12.4. The molecule has 1 atom stereocenters. The van der Waals surface area contributed by atoms with Gasteiger partial charge in [-0.3, -0.25) is 4.79 Å². The van der Waals surface area contributed by atoms with Crippen molar-refractivity contribution in [2.24, 2.45) is 7.05 Å². The van der Waals surface area contributed by atoms with Gasteiger partial charge in [0.05, 0.1) is 12.4 Å². The molecule has 3 aromatic rings. The van der Waals surface area contributed by atoms with Crippen LogP contribution in [0, 0.1) is 0 Å². The first-order valence-electron chi connectivity index (χ1n) is 9.06. The molecule has 28 heavy (non-hydrogen) atoms. The van der Waals surface area contributed by atoms with E-state index in [1.54, 1.807) is 7.11 Å². The van der Waals surface area contributed by atoms with Crippen molar-refractivity contribution in [3.8, 4) is 5.75 Å². The molecule has 6 nitrogen and oxygen atoms in total. The Labute approximate surface area is 169 Å². The normalized spacial score (nSPS) is 11.8. The van der Waals surface area contributed by atoms with E-state index in [-0.39, 0.29) is 11.2 Å². The first-order valence-corrected chi connectivity index (χ1v) is 9.94. The Balaban J connectivity index is 1.54. The van der Waals surface area contributed by atoms with Gasteiger partial charge in [-0.1, -0.05) is 54.2 Å². The molecule has 1 aromatic heterocycles. The number of benzene rings is 2. The van der Waals surface area contributed by atoms with E-state index in [0.29, 0.717) is 13.0 Å². The Morgan fingerprint density at radius 2 is 1.82 bits per heavy atom. The summed E-state index contributed by atoms with van der Waals surface area (Å²) < 4.78 is 7.09. The molecule has 0 unspecified atom stereocenters. The number of hydrogen-bond acceptors (Lipinski definition) is 5. The minimum absolute atomic E-state index is 0.0339. The van der Waals surface area contributed by atoms with Crippen LogP contribution in [-0.4, -0.2) is 33.0 Å². The van der Waals surface area contributed by atoms with Gasteiger partial charge >= 0.3 is 0 Å². The SMILES string of the molecule is COc1ccc(CNC(=O)[C@H](C)Sc2nnc(Cc3ccccc3)n2C)cc1. The molecule has 0 saturated carbocycles. The van der Waals surface area contributed by atoms with Gasteiger partial charge < -0.3 is 14.6 Å². The van der Waals surface area contributed by atoms with E-state index in [4.69, 9.17) is 4.74 Å². The third-order valence-corrected chi connectivity index (χ3v) is 5.54. The molecule has 0 spiro atoms. The quantitative estimate of drug-likeness (QED) is 0.592. The molecule has 0 aliphatic rings. The molecule has 2 aromatic carbocycles. The maximum atomic E-state index is 12.4. The van der Waals surface area contributed by atoms with Crippen LogP contribution >= 0.6 is 11.8 Å². The minimum Gasteiger partial charge on any atom is -0.497 e. The summed E-state index contributed by atoms with van der Waals surface area (Å²) >= 11 is 1.41. The largest absolute Gasteiger partial charge is 0.497 e. The van der Waals surface area contributed by atoms with Crippen molar-refractivity contribution >= 4 is 17.7 Å². The van der Waals surface area contributed by atoms with Crippen molar-refractivity contribution in [3.63, 3.8) is 0 Å². The van der Waals surface area contributed by atoms with Crippen LogP contribution in [0.4, 0.5) is 0 Å². The molecule has 0 aliphatic heterocycles. The maximum absolute atomic E-state index is 12.4. The van der Waals surface area contributed by atoms with Crippen molar-refractivity contribution in [3.05, 3.63) is 71.5 Å². The highest BCUT2D eigenvalue weighted by atomic mass is 32.2. The maximum Gasteiger partial charge on any atom is 0.233 e. The fourth-order valence-electron chi connectivity index (χ4n) is 2.67. The summed E-state index contributed by atoms with van der Waals surface area (Å²) in [5.41, 5.74) is 2.20. The van der Waals surface area contributed by atoms with Crippen molar-refractivity contribution in [2.75, 3.05) is 7.11 Å². The number of rotatable bonds is 8. The van der Waals surface area contributed by atoms with E-state index in [9.17, 15) is 4.79 Å². The predicted octanol–water partition coefficient (Wildman–Crippen LogP) is 3.21. The second-order valence-electron chi connectivity index (χ2n) is 6.45. The van der Waals surface area contributed by atoms with Crippen molar-refractivity contribution in [2.45, 2.75) is 30.3 Å². The Morgan fingerprint density at radius 3 is 2.50 bits per heavy atom. The van der Waals surface area contributed by atoms with Crippen LogP contribution < -0.4 is 10.1 Å². The van der Waals surface area contributed by atoms with E-state index in [1.165, 1.54) is 17.3 Å². The Morgan fingerprint density at radius 1 is 1.11 bits per heavy atom. The van der Waals surface area contributed by atoms with E-state index in [2.05, 4.69) is 27.6 Å². The first kappa shape index (κ1) is 19.9. The third kappa shape index (κ3) is 5.13. The molecule has 0 saturated heterocycles. The summed E-state index contributed by atoms with van der Waals surface area (Å²) in [7, 11) is 3.57. The van der Waals surface area contributed by atoms with Gasteiger partial charge in [0.15, 0.2) is 5.16 Å². The second-order valence-corrected chi connectivity index (χ2v) is 7.75. The summed E-state index contributed by atoms with van der Waals surface area (Å²) in [5, 5.41) is 12.0. The van der Waals surface area contributed by atoms with Gasteiger partial charge in [-0.25, -0.2) is 0 Å². The first-order chi connectivity index (χ1) is 13.6. The number of hydrogen-bond donors (Lipinski definition) is 1. The Hall–Kier alpha value is -2.80. The third-order valence-electron chi connectivity index (χ3n) is 4.41. The number of methoxy groups -OCH3 is 1. The summed E-state index contributed by atoms with van der Waals surface area (Å²) in [6.45, 7) is 2.35. The van der Waals surface area contributed by atoms with Gasteiger partial charge in [0.1, 0.15) is 11.6 Å². The molecule has 7 heteroatoms. The highest BCUT2D eigenvalue weighted by Crippen LogP contribution is 2.22. The zero-order valence-electron chi connectivity index (χ0n) is 16.3. The van der Waals surface area contributed by atoms with E-state index in [0.717, 1.165) is 22.3 Å². The highest BCUT2D eigenvalue weighted by molar-refractivity contribution is 8.00. The number of nitrogens with zero attached hydrogens (tertiary/aromatic N) is 3. The van der Waals surface area contributed by atoms with Crippen LogP contribution in [-0.2, 0) is 24.8 Å². The molecular weight excluding hydrogens is 372 g/mol. The lowest BCUT2D eigenvalue weighted by atomic mass is 10.1. The van der Waals surface area contributed by atoms with Gasteiger partial charge in [0, 0.05) is 20.0 Å². The number of carbonyl (C=O) groups excluding carboxylic acids is 1. The number of nitrogens with one attached hydrogen (secondary N) is 1. The monoisotopic (exact) mass is 396 g/mol. The van der Waals surface area contributed by atoms with Crippen LogP contribution in [0.5, 0.6) is 5.75 Å². The van der Waals surface area contributed by atoms with Crippen LogP contribution in [0.1, 0.15) is 23.9 Å². The molecule has 0 radical (unpaired) electrons. The topological polar surface area (TPSA) is 69.0 Å². The average Bonchev–Trinajstić information content (AvgIpc) is 3.06. The van der Waals surface area contributed by atoms with E-state index in [1.807, 2.05) is 61.0 Å². The smallest absolute Gasteiger partial charge is 0.233 e. The number of carbonyl (C=O) groups is 1. The van der Waals surface area contributed by atoms with Gasteiger partial charge in [0.2, 0.25) is 5.91 Å². The van der Waals surface area contributed by atoms with E-state index < -0.39 is 0 Å². The van der Waals surface area contributed by atoms with Crippen LogP contribution in [0.25, 0.3) is 0 Å². The number of ether oxygens (including phenoxy) is 1. The predicted molar refractivity (Wildman–Crippen MR) is 110 cm³/mol. The van der Waals surface area contributed by atoms with Gasteiger partial charge in [-0.15, -0.1) is 10.2 Å². The summed E-state index contributed by atoms with van der Waals surface area (Å²) in [5.74, 6) is 1.64. The van der Waals surface area contributed by atoms with Gasteiger partial charge in [-0.05, 0) is 30.2 Å².